The molecular weight excluding hydrogens is 183 g/mol. The lowest BCUT2D eigenvalue weighted by Gasteiger charge is -2.16. The van der Waals surface area contributed by atoms with E-state index in [1.54, 1.807) is 6.92 Å². The van der Waals surface area contributed by atoms with Gasteiger partial charge >= 0.3 is 6.18 Å². The van der Waals surface area contributed by atoms with Gasteiger partial charge in [-0.3, -0.25) is 0 Å². The second kappa shape index (κ2) is 5.44. The Bertz CT molecular complexity index is 138. The van der Waals surface area contributed by atoms with Crippen LogP contribution >= 0.6 is 0 Å². The molecule has 0 rings (SSSR count). The fraction of sp³-hybridized carbons (Fsp3) is 1.00. The zero-order valence-corrected chi connectivity index (χ0v) is 7.90. The number of nitrogens with two attached hydrogens (primary N) is 1. The standard InChI is InChI=1S/C8H16F3NO/c1-6(13-2)5-7(12)3-4-8(9,10)11/h6-7H,3-5,12H2,1-2H3. The molecule has 2 nitrogen and oxygen atoms in total. The second-order valence-electron chi connectivity index (χ2n) is 3.20. The average molecular weight is 199 g/mol. The van der Waals surface area contributed by atoms with Gasteiger partial charge in [0.2, 0.25) is 0 Å². The van der Waals surface area contributed by atoms with Gasteiger partial charge < -0.3 is 10.5 Å². The zero-order valence-electron chi connectivity index (χ0n) is 7.90. The van der Waals surface area contributed by atoms with Crippen molar-refractivity contribution < 1.29 is 17.9 Å². The molecule has 2 atom stereocenters. The Morgan fingerprint density at radius 2 is 1.92 bits per heavy atom. The van der Waals surface area contributed by atoms with E-state index >= 15 is 0 Å². The van der Waals surface area contributed by atoms with Gasteiger partial charge in [0.15, 0.2) is 0 Å². The van der Waals surface area contributed by atoms with Gasteiger partial charge in [0.05, 0.1) is 6.10 Å². The monoisotopic (exact) mass is 199 g/mol. The van der Waals surface area contributed by atoms with Crippen molar-refractivity contribution in [2.24, 2.45) is 5.73 Å². The fourth-order valence-corrected chi connectivity index (χ4v) is 0.989. The van der Waals surface area contributed by atoms with Crippen LogP contribution in [0.3, 0.4) is 0 Å². The largest absolute Gasteiger partial charge is 0.389 e. The highest BCUT2D eigenvalue weighted by atomic mass is 19.4. The summed E-state index contributed by atoms with van der Waals surface area (Å²) in [6.45, 7) is 1.79. The number of methoxy groups -OCH3 is 1. The topological polar surface area (TPSA) is 35.2 Å². The number of hydrogen-bond donors (Lipinski definition) is 1. The van der Waals surface area contributed by atoms with Crippen LogP contribution in [-0.4, -0.2) is 25.4 Å². The number of rotatable bonds is 5. The van der Waals surface area contributed by atoms with Gasteiger partial charge in [-0.05, 0) is 19.8 Å². The van der Waals surface area contributed by atoms with Gasteiger partial charge in [0, 0.05) is 19.6 Å². The van der Waals surface area contributed by atoms with Crippen LogP contribution in [0.1, 0.15) is 26.2 Å². The van der Waals surface area contributed by atoms with Gasteiger partial charge in [-0.15, -0.1) is 0 Å². The molecule has 0 saturated carbocycles. The molecule has 0 radical (unpaired) electrons. The molecule has 0 saturated heterocycles. The molecule has 0 aliphatic carbocycles. The van der Waals surface area contributed by atoms with Gasteiger partial charge in [0.1, 0.15) is 0 Å². The van der Waals surface area contributed by atoms with Gasteiger partial charge in [0.25, 0.3) is 0 Å². The summed E-state index contributed by atoms with van der Waals surface area (Å²) in [5.74, 6) is 0. The lowest BCUT2D eigenvalue weighted by molar-refractivity contribution is -0.136. The summed E-state index contributed by atoms with van der Waals surface area (Å²) < 4.78 is 40.1. The molecule has 0 aromatic heterocycles. The van der Waals surface area contributed by atoms with Crippen LogP contribution in [0.2, 0.25) is 0 Å². The molecule has 0 aliphatic heterocycles. The summed E-state index contributed by atoms with van der Waals surface area (Å²) in [7, 11) is 1.52. The van der Waals surface area contributed by atoms with Crippen molar-refractivity contribution in [3.05, 3.63) is 0 Å². The third kappa shape index (κ3) is 8.05. The first-order chi connectivity index (χ1) is 5.85. The Morgan fingerprint density at radius 1 is 1.38 bits per heavy atom. The van der Waals surface area contributed by atoms with E-state index in [-0.39, 0.29) is 12.5 Å². The smallest absolute Gasteiger partial charge is 0.382 e. The summed E-state index contributed by atoms with van der Waals surface area (Å²) >= 11 is 0. The number of ether oxygens (including phenoxy) is 1. The highest BCUT2D eigenvalue weighted by molar-refractivity contribution is 4.67. The van der Waals surface area contributed by atoms with Crippen LogP contribution in [-0.2, 0) is 4.74 Å². The van der Waals surface area contributed by atoms with E-state index in [4.69, 9.17) is 10.5 Å². The van der Waals surface area contributed by atoms with Crippen molar-refractivity contribution in [3.63, 3.8) is 0 Å². The summed E-state index contributed by atoms with van der Waals surface area (Å²) in [4.78, 5) is 0. The molecular formula is C8H16F3NO. The van der Waals surface area contributed by atoms with Crippen molar-refractivity contribution in [2.75, 3.05) is 7.11 Å². The zero-order chi connectivity index (χ0) is 10.5. The summed E-state index contributed by atoms with van der Waals surface area (Å²) in [6, 6.07) is -0.434. The third-order valence-electron chi connectivity index (χ3n) is 1.84. The van der Waals surface area contributed by atoms with E-state index in [0.717, 1.165) is 0 Å². The van der Waals surface area contributed by atoms with Crippen molar-refractivity contribution in [3.8, 4) is 0 Å². The first-order valence-electron chi connectivity index (χ1n) is 4.20. The minimum Gasteiger partial charge on any atom is -0.382 e. The van der Waals surface area contributed by atoms with Crippen molar-refractivity contribution in [2.45, 2.75) is 44.5 Å². The molecule has 0 heterocycles. The summed E-state index contributed by atoms with van der Waals surface area (Å²) in [5.41, 5.74) is 5.48. The molecule has 0 spiro atoms. The Balaban J connectivity index is 3.57. The molecule has 0 bridgehead atoms. The van der Waals surface area contributed by atoms with Crippen LogP contribution in [0.15, 0.2) is 0 Å². The lowest BCUT2D eigenvalue weighted by Crippen LogP contribution is -2.27. The maximum absolute atomic E-state index is 11.7. The normalized spacial score (nSPS) is 17.1. The van der Waals surface area contributed by atoms with Gasteiger partial charge in [-0.25, -0.2) is 0 Å². The maximum Gasteiger partial charge on any atom is 0.389 e. The molecule has 0 fully saturated rings. The molecule has 80 valence electrons. The molecule has 0 aromatic carbocycles. The van der Waals surface area contributed by atoms with E-state index < -0.39 is 18.6 Å². The van der Waals surface area contributed by atoms with E-state index in [2.05, 4.69) is 0 Å². The minimum absolute atomic E-state index is 0.0306. The first-order valence-corrected chi connectivity index (χ1v) is 4.20. The Hall–Kier alpha value is -0.290. The van der Waals surface area contributed by atoms with Crippen LogP contribution in [0, 0.1) is 0 Å². The molecule has 2 unspecified atom stereocenters. The van der Waals surface area contributed by atoms with Crippen molar-refractivity contribution in [1.82, 2.24) is 0 Å². The summed E-state index contributed by atoms with van der Waals surface area (Å²) in [5, 5.41) is 0. The van der Waals surface area contributed by atoms with Crippen molar-refractivity contribution >= 4 is 0 Å². The van der Waals surface area contributed by atoms with E-state index in [9.17, 15) is 13.2 Å². The molecule has 5 heteroatoms. The maximum atomic E-state index is 11.7. The van der Waals surface area contributed by atoms with Gasteiger partial charge in [-0.2, -0.15) is 13.2 Å². The minimum atomic E-state index is -4.10. The lowest BCUT2D eigenvalue weighted by atomic mass is 10.1. The molecule has 0 aromatic rings. The van der Waals surface area contributed by atoms with Crippen LogP contribution in [0.5, 0.6) is 0 Å². The fourth-order valence-electron chi connectivity index (χ4n) is 0.989. The highest BCUT2D eigenvalue weighted by Crippen LogP contribution is 2.22. The predicted octanol–water partition coefficient (Wildman–Crippen LogP) is 2.08. The molecule has 0 aliphatic rings. The summed E-state index contributed by atoms with van der Waals surface area (Å²) in [6.07, 6.45) is -4.56. The molecule has 0 amide bonds. The van der Waals surface area contributed by atoms with E-state index in [1.807, 2.05) is 0 Å². The quantitative estimate of drug-likeness (QED) is 0.735. The van der Waals surface area contributed by atoms with E-state index in [1.165, 1.54) is 7.11 Å². The SMILES string of the molecule is COC(C)CC(N)CCC(F)(F)F. The molecule has 13 heavy (non-hydrogen) atoms. The first kappa shape index (κ1) is 12.7. The Kier molecular flexibility index (Phi) is 5.32. The number of halogens is 3. The van der Waals surface area contributed by atoms with Gasteiger partial charge in [-0.1, -0.05) is 0 Å². The molecule has 2 N–H and O–H groups in total. The van der Waals surface area contributed by atoms with Crippen LogP contribution < -0.4 is 5.73 Å². The van der Waals surface area contributed by atoms with Crippen LogP contribution in [0.25, 0.3) is 0 Å². The third-order valence-corrected chi connectivity index (χ3v) is 1.84. The highest BCUT2D eigenvalue weighted by Gasteiger charge is 2.27. The second-order valence-corrected chi connectivity index (χ2v) is 3.20. The van der Waals surface area contributed by atoms with E-state index in [0.29, 0.717) is 6.42 Å². The Labute approximate surface area is 76.2 Å². The van der Waals surface area contributed by atoms with Crippen molar-refractivity contribution in [1.29, 1.82) is 0 Å². The predicted molar refractivity (Wildman–Crippen MR) is 44.4 cm³/mol. The van der Waals surface area contributed by atoms with Crippen LogP contribution in [0.4, 0.5) is 13.2 Å². The number of hydrogen-bond acceptors (Lipinski definition) is 2. The average Bonchev–Trinajstić information content (AvgIpc) is 1.99. The number of alkyl halides is 3. The Morgan fingerprint density at radius 3 is 2.31 bits per heavy atom.